The molecule has 0 spiro atoms. The Bertz CT molecular complexity index is 2710. The standard InChI is InChI=1S/C53H68ClN9O14/c1-53(2)35-76-23-20-62(53)52(72)50-42-34-77-44-29-43(73-3)40(28-41(44)51(42)63(57-50)39-9-5-7-37(54)27-39)36-6-4-8-38(26-36)56-45(64)10-21-74-24-25-75-22-11-55-46(65)30-58-12-14-59(31-47(66)67)16-18-61(33-49(70)71)19-17-60(15-13-58)32-48(68)69/h4-9,26-29H,10-25,30-35H2,1-3H3,(H,55,65)(H,56,64)(H,66,67)(H,68,69)(H,70,71). The molecule has 0 atom stereocenters. The zero-order chi connectivity index (χ0) is 55.1. The van der Waals surface area contributed by atoms with Crippen LogP contribution in [0.1, 0.15) is 36.3 Å². The van der Waals surface area contributed by atoms with E-state index in [1.165, 1.54) is 0 Å². The lowest BCUT2D eigenvalue weighted by Gasteiger charge is -2.41. The van der Waals surface area contributed by atoms with Crippen LogP contribution >= 0.6 is 11.6 Å². The monoisotopic (exact) mass is 1090 g/mol. The Morgan fingerprint density at radius 1 is 0.714 bits per heavy atom. The molecule has 4 aromatic rings. The number of carboxylic acids is 3. The number of nitrogens with zero attached hydrogens (tertiary/aromatic N) is 7. The van der Waals surface area contributed by atoms with Crippen LogP contribution in [0.5, 0.6) is 11.5 Å². The van der Waals surface area contributed by atoms with E-state index in [0.717, 1.165) is 5.56 Å². The number of aliphatic carboxylic acids is 3. The molecule has 0 radical (unpaired) electrons. The first kappa shape index (κ1) is 58.0. The first-order valence-corrected chi connectivity index (χ1v) is 25.9. The second-order valence-corrected chi connectivity index (χ2v) is 19.9. The third-order valence-electron chi connectivity index (χ3n) is 13.3. The Balaban J connectivity index is 0.891. The minimum atomic E-state index is -1.04. The molecule has 3 amide bonds. The molecular weight excluding hydrogens is 1020 g/mol. The number of carbonyl (C=O) groups is 6. The fourth-order valence-electron chi connectivity index (χ4n) is 9.38. The van der Waals surface area contributed by atoms with Gasteiger partial charge in [-0.05, 0) is 55.8 Å². The fraction of sp³-hybridized carbons (Fsp3) is 0.491. The second kappa shape index (κ2) is 27.6. The second-order valence-electron chi connectivity index (χ2n) is 19.5. The summed E-state index contributed by atoms with van der Waals surface area (Å²) >= 11 is 6.49. The number of anilines is 1. The number of aromatic nitrogens is 2. The third-order valence-corrected chi connectivity index (χ3v) is 13.5. The molecule has 7 rings (SSSR count). The predicted octanol–water partition coefficient (Wildman–Crippen LogP) is 2.97. The number of methoxy groups -OCH3 is 1. The third kappa shape index (κ3) is 16.4. The molecule has 3 aromatic carbocycles. The van der Waals surface area contributed by atoms with Crippen molar-refractivity contribution in [3.63, 3.8) is 0 Å². The van der Waals surface area contributed by atoms with Crippen LogP contribution in [-0.2, 0) is 44.8 Å². The number of benzene rings is 3. The molecule has 0 saturated carbocycles. The van der Waals surface area contributed by atoms with Crippen LogP contribution in [0.3, 0.4) is 0 Å². The molecule has 0 aliphatic carbocycles. The van der Waals surface area contributed by atoms with Gasteiger partial charge in [0.2, 0.25) is 11.8 Å². The smallest absolute Gasteiger partial charge is 0.317 e. The Kier molecular flexibility index (Phi) is 20.8. The molecule has 5 N–H and O–H groups in total. The lowest BCUT2D eigenvalue weighted by Crippen LogP contribution is -2.55. The maximum atomic E-state index is 14.3. The average molecular weight is 1090 g/mol. The van der Waals surface area contributed by atoms with E-state index in [0.29, 0.717) is 96.2 Å². The summed E-state index contributed by atoms with van der Waals surface area (Å²) in [6, 6.07) is 18.4. The van der Waals surface area contributed by atoms with Crippen molar-refractivity contribution in [1.82, 2.24) is 39.6 Å². The summed E-state index contributed by atoms with van der Waals surface area (Å²) in [5.41, 5.74) is 4.39. The van der Waals surface area contributed by atoms with Gasteiger partial charge in [-0.3, -0.25) is 48.4 Å². The van der Waals surface area contributed by atoms with E-state index in [2.05, 4.69) is 10.6 Å². The van der Waals surface area contributed by atoms with Gasteiger partial charge < -0.3 is 54.5 Å². The number of amides is 3. The number of carbonyl (C=O) groups excluding carboxylic acids is 3. The summed E-state index contributed by atoms with van der Waals surface area (Å²) < 4.78 is 31.0. The summed E-state index contributed by atoms with van der Waals surface area (Å²) in [5.74, 6) is -2.81. The average Bonchev–Trinajstić information content (AvgIpc) is 3.86. The van der Waals surface area contributed by atoms with Crippen LogP contribution in [0.15, 0.2) is 60.7 Å². The highest BCUT2D eigenvalue weighted by molar-refractivity contribution is 6.30. The van der Waals surface area contributed by atoms with Gasteiger partial charge in [-0.25, -0.2) is 4.68 Å². The molecule has 3 aliphatic rings. The summed E-state index contributed by atoms with van der Waals surface area (Å²) in [4.78, 5) is 83.8. The molecule has 2 fully saturated rings. The highest BCUT2D eigenvalue weighted by Crippen LogP contribution is 2.46. The fourth-order valence-corrected chi connectivity index (χ4v) is 9.57. The van der Waals surface area contributed by atoms with Crippen molar-refractivity contribution < 1.29 is 67.8 Å². The van der Waals surface area contributed by atoms with Gasteiger partial charge in [-0.2, -0.15) is 5.10 Å². The molecule has 416 valence electrons. The van der Waals surface area contributed by atoms with Gasteiger partial charge in [0.1, 0.15) is 18.1 Å². The van der Waals surface area contributed by atoms with E-state index >= 15 is 0 Å². The Labute approximate surface area is 451 Å². The molecule has 23 nitrogen and oxygen atoms in total. The Hall–Kier alpha value is -6.70. The molecule has 24 heteroatoms. The summed E-state index contributed by atoms with van der Waals surface area (Å²) in [6.07, 6.45) is 0.0700. The number of rotatable bonds is 22. The molecule has 0 bridgehead atoms. The van der Waals surface area contributed by atoms with Crippen molar-refractivity contribution >= 4 is 52.9 Å². The van der Waals surface area contributed by atoms with E-state index in [4.69, 9.17) is 40.4 Å². The van der Waals surface area contributed by atoms with E-state index < -0.39 is 23.4 Å². The topological polar surface area (TPSA) is 267 Å². The summed E-state index contributed by atoms with van der Waals surface area (Å²) in [7, 11) is 1.57. The van der Waals surface area contributed by atoms with Crippen molar-refractivity contribution in [1.29, 1.82) is 0 Å². The molecule has 4 heterocycles. The number of fused-ring (bicyclic) bond motifs is 3. The van der Waals surface area contributed by atoms with Gasteiger partial charge in [-0.15, -0.1) is 0 Å². The molecule has 0 unspecified atom stereocenters. The number of hydrogen-bond donors (Lipinski definition) is 5. The number of nitrogens with one attached hydrogen (secondary N) is 2. The lowest BCUT2D eigenvalue weighted by atomic mass is 9.95. The molecule has 77 heavy (non-hydrogen) atoms. The van der Waals surface area contributed by atoms with Crippen molar-refractivity contribution in [3.8, 4) is 39.6 Å². The highest BCUT2D eigenvalue weighted by atomic mass is 35.5. The van der Waals surface area contributed by atoms with Gasteiger partial charge in [0.25, 0.3) is 5.91 Å². The van der Waals surface area contributed by atoms with Crippen molar-refractivity contribution in [2.45, 2.75) is 32.4 Å². The van der Waals surface area contributed by atoms with Crippen molar-refractivity contribution in [3.05, 3.63) is 76.9 Å². The molecule has 2 saturated heterocycles. The van der Waals surface area contributed by atoms with Crippen LogP contribution in [-0.4, -0.2) is 229 Å². The van der Waals surface area contributed by atoms with Crippen LogP contribution in [0, 0.1) is 0 Å². The summed E-state index contributed by atoms with van der Waals surface area (Å²) in [6.45, 7) is 7.76. The van der Waals surface area contributed by atoms with E-state index in [1.807, 2.05) is 61.2 Å². The largest absolute Gasteiger partial charge is 0.496 e. The number of ether oxygens (including phenoxy) is 5. The first-order chi connectivity index (χ1) is 37.0. The maximum Gasteiger partial charge on any atom is 0.317 e. The van der Waals surface area contributed by atoms with Gasteiger partial charge in [0.15, 0.2) is 5.69 Å². The highest BCUT2D eigenvalue weighted by Gasteiger charge is 2.39. The van der Waals surface area contributed by atoms with Crippen molar-refractivity contribution in [2.24, 2.45) is 0 Å². The SMILES string of the molecule is COc1cc2c(cc1-c1cccc(NC(=O)CCOCCOCCNC(=O)CN3CCN(CC(=O)O)CCN(CC(=O)O)CCN(CC(=O)O)CC3)c1)-c1c(c(C(=O)N3CCOCC3(C)C)nn1-c1cccc(Cl)c1)CO2. The Morgan fingerprint density at radius 2 is 1.32 bits per heavy atom. The first-order valence-electron chi connectivity index (χ1n) is 25.5. The van der Waals surface area contributed by atoms with Gasteiger partial charge in [0.05, 0.1) is 96.3 Å². The summed E-state index contributed by atoms with van der Waals surface area (Å²) in [5, 5.41) is 39.6. The van der Waals surface area contributed by atoms with E-state index in [-0.39, 0.29) is 122 Å². The normalized spacial score (nSPS) is 16.7. The quantitative estimate of drug-likeness (QED) is 0.0708. The van der Waals surface area contributed by atoms with Crippen LogP contribution < -0.4 is 20.1 Å². The number of halogens is 1. The number of carboxylic acid groups (broad SMARTS) is 3. The minimum Gasteiger partial charge on any atom is -0.496 e. The predicted molar refractivity (Wildman–Crippen MR) is 283 cm³/mol. The van der Waals surface area contributed by atoms with E-state index in [9.17, 15) is 44.1 Å². The molecular formula is C53H68ClN9O14. The Morgan fingerprint density at radius 3 is 1.92 bits per heavy atom. The lowest BCUT2D eigenvalue weighted by molar-refractivity contribution is -0.140. The van der Waals surface area contributed by atoms with Gasteiger partial charge in [-0.1, -0.05) is 29.8 Å². The van der Waals surface area contributed by atoms with Crippen LogP contribution in [0.25, 0.3) is 28.1 Å². The molecule has 1 aromatic heterocycles. The number of morpholine rings is 1. The molecule has 3 aliphatic heterocycles. The zero-order valence-corrected chi connectivity index (χ0v) is 44.4. The van der Waals surface area contributed by atoms with Crippen LogP contribution in [0.2, 0.25) is 5.02 Å². The van der Waals surface area contributed by atoms with Gasteiger partial charge in [0, 0.05) is 98.9 Å². The van der Waals surface area contributed by atoms with Crippen LogP contribution in [0.4, 0.5) is 5.69 Å². The zero-order valence-electron chi connectivity index (χ0n) is 43.7. The number of hydrogen-bond acceptors (Lipinski definition) is 16. The van der Waals surface area contributed by atoms with E-state index in [1.54, 1.807) is 49.6 Å². The van der Waals surface area contributed by atoms with Gasteiger partial charge >= 0.3 is 17.9 Å². The minimum absolute atomic E-state index is 0.0143. The van der Waals surface area contributed by atoms with Crippen molar-refractivity contribution in [2.75, 3.05) is 144 Å². The maximum absolute atomic E-state index is 14.3.